The molecule has 1 amide bonds. The zero-order valence-corrected chi connectivity index (χ0v) is 11.0. The molecule has 5 nitrogen and oxygen atoms in total. The first-order valence-corrected chi connectivity index (χ1v) is 6.75. The Bertz CT molecular complexity index is 395. The predicted molar refractivity (Wildman–Crippen MR) is 69.9 cm³/mol. The van der Waals surface area contributed by atoms with Gasteiger partial charge in [0.15, 0.2) is 0 Å². The van der Waals surface area contributed by atoms with E-state index in [1.165, 1.54) is 0 Å². The zero-order chi connectivity index (χ0) is 13.0. The van der Waals surface area contributed by atoms with Crippen LogP contribution in [-0.2, 0) is 11.3 Å². The Morgan fingerprint density at radius 3 is 2.89 bits per heavy atom. The molecule has 0 unspecified atom stereocenters. The Morgan fingerprint density at radius 2 is 2.22 bits per heavy atom. The minimum Gasteiger partial charge on any atom is -0.343 e. The molecule has 1 aliphatic rings. The molecule has 1 aromatic rings. The van der Waals surface area contributed by atoms with Crippen molar-refractivity contribution in [3.05, 3.63) is 18.2 Å². The standard InChI is InChI=1S/C13H22N4O/c1-2-11(14)12-9-15-10-17(12)8-5-13(18)16-6-3-4-7-16/h9-11H,2-8,14H2,1H3/t11-/m1/s1. The third-order valence-electron chi connectivity index (χ3n) is 3.59. The van der Waals surface area contributed by atoms with Gasteiger partial charge in [-0.2, -0.15) is 0 Å². The van der Waals surface area contributed by atoms with Crippen LogP contribution in [0.2, 0.25) is 0 Å². The van der Waals surface area contributed by atoms with Crippen molar-refractivity contribution in [3.63, 3.8) is 0 Å². The first-order valence-electron chi connectivity index (χ1n) is 6.75. The van der Waals surface area contributed by atoms with Gasteiger partial charge in [-0.25, -0.2) is 4.98 Å². The van der Waals surface area contributed by atoms with Gasteiger partial charge in [0.2, 0.25) is 5.91 Å². The largest absolute Gasteiger partial charge is 0.343 e. The van der Waals surface area contributed by atoms with E-state index in [2.05, 4.69) is 11.9 Å². The summed E-state index contributed by atoms with van der Waals surface area (Å²) in [5.41, 5.74) is 7.03. The molecule has 0 bridgehead atoms. The number of hydrogen-bond acceptors (Lipinski definition) is 3. The van der Waals surface area contributed by atoms with Crippen molar-refractivity contribution >= 4 is 5.91 Å². The summed E-state index contributed by atoms with van der Waals surface area (Å²) in [6, 6.07) is 0.00869. The van der Waals surface area contributed by atoms with Crippen LogP contribution in [0.15, 0.2) is 12.5 Å². The monoisotopic (exact) mass is 250 g/mol. The number of hydrogen-bond donors (Lipinski definition) is 1. The highest BCUT2D eigenvalue weighted by atomic mass is 16.2. The third kappa shape index (κ3) is 2.90. The lowest BCUT2D eigenvalue weighted by atomic mass is 10.2. The van der Waals surface area contributed by atoms with Gasteiger partial charge in [-0.3, -0.25) is 4.79 Å². The smallest absolute Gasteiger partial charge is 0.224 e. The number of amides is 1. The Labute approximate surface area is 108 Å². The van der Waals surface area contributed by atoms with Crippen LogP contribution in [0.4, 0.5) is 0 Å². The van der Waals surface area contributed by atoms with Gasteiger partial charge in [0.1, 0.15) is 0 Å². The number of aryl methyl sites for hydroxylation is 1. The van der Waals surface area contributed by atoms with Gasteiger partial charge in [0.05, 0.1) is 12.0 Å². The topological polar surface area (TPSA) is 64.1 Å². The second kappa shape index (κ2) is 6.00. The Morgan fingerprint density at radius 1 is 1.50 bits per heavy atom. The highest BCUT2D eigenvalue weighted by molar-refractivity contribution is 5.76. The van der Waals surface area contributed by atoms with Crippen LogP contribution >= 0.6 is 0 Å². The van der Waals surface area contributed by atoms with Crippen molar-refractivity contribution in [1.82, 2.24) is 14.5 Å². The van der Waals surface area contributed by atoms with Crippen molar-refractivity contribution in [1.29, 1.82) is 0 Å². The Hall–Kier alpha value is -1.36. The van der Waals surface area contributed by atoms with Crippen LogP contribution in [0.1, 0.15) is 44.3 Å². The maximum atomic E-state index is 12.0. The van der Waals surface area contributed by atoms with Crippen molar-refractivity contribution in [2.45, 2.75) is 45.2 Å². The lowest BCUT2D eigenvalue weighted by molar-refractivity contribution is -0.130. The molecule has 5 heteroatoms. The van der Waals surface area contributed by atoms with Crippen LogP contribution in [0.3, 0.4) is 0 Å². The van der Waals surface area contributed by atoms with E-state index in [4.69, 9.17) is 5.73 Å². The molecule has 1 aliphatic heterocycles. The highest BCUT2D eigenvalue weighted by Gasteiger charge is 2.18. The maximum Gasteiger partial charge on any atom is 0.224 e. The van der Waals surface area contributed by atoms with E-state index in [0.29, 0.717) is 13.0 Å². The number of likely N-dealkylation sites (tertiary alicyclic amines) is 1. The Kier molecular flexibility index (Phi) is 4.36. The Balaban J connectivity index is 1.89. The van der Waals surface area contributed by atoms with Gasteiger partial charge in [-0.1, -0.05) is 6.92 Å². The van der Waals surface area contributed by atoms with Crippen molar-refractivity contribution in [3.8, 4) is 0 Å². The van der Waals surface area contributed by atoms with Crippen molar-refractivity contribution in [2.24, 2.45) is 5.73 Å². The molecule has 1 aromatic heterocycles. The van der Waals surface area contributed by atoms with Gasteiger partial charge < -0.3 is 15.2 Å². The number of aromatic nitrogens is 2. The molecule has 0 spiro atoms. The van der Waals surface area contributed by atoms with Gasteiger partial charge in [-0.15, -0.1) is 0 Å². The molecular formula is C13H22N4O. The number of carbonyl (C=O) groups excluding carboxylic acids is 1. The van der Waals surface area contributed by atoms with E-state index in [1.807, 2.05) is 9.47 Å². The number of nitrogens with zero attached hydrogens (tertiary/aromatic N) is 3. The predicted octanol–water partition coefficient (Wildman–Crippen LogP) is 1.31. The van der Waals surface area contributed by atoms with Crippen molar-refractivity contribution in [2.75, 3.05) is 13.1 Å². The first kappa shape index (κ1) is 13.1. The lowest BCUT2D eigenvalue weighted by Crippen LogP contribution is -2.28. The van der Waals surface area contributed by atoms with Gasteiger partial charge in [-0.05, 0) is 19.3 Å². The van der Waals surface area contributed by atoms with Crippen molar-refractivity contribution < 1.29 is 4.79 Å². The summed E-state index contributed by atoms with van der Waals surface area (Å²) in [5, 5.41) is 0. The first-order chi connectivity index (χ1) is 8.72. The summed E-state index contributed by atoms with van der Waals surface area (Å²) in [7, 11) is 0. The summed E-state index contributed by atoms with van der Waals surface area (Å²) in [5.74, 6) is 0.247. The molecule has 2 heterocycles. The fraction of sp³-hybridized carbons (Fsp3) is 0.692. The highest BCUT2D eigenvalue weighted by Crippen LogP contribution is 2.14. The lowest BCUT2D eigenvalue weighted by Gasteiger charge is -2.17. The SMILES string of the molecule is CC[C@@H](N)c1cncn1CCC(=O)N1CCCC1. The quantitative estimate of drug-likeness (QED) is 0.857. The van der Waals surface area contributed by atoms with Crippen LogP contribution < -0.4 is 5.73 Å². The molecule has 18 heavy (non-hydrogen) atoms. The second-order valence-corrected chi connectivity index (χ2v) is 4.86. The van der Waals surface area contributed by atoms with Gasteiger partial charge in [0, 0.05) is 38.3 Å². The minimum absolute atomic E-state index is 0.00869. The summed E-state index contributed by atoms with van der Waals surface area (Å²) in [4.78, 5) is 18.0. The normalized spacial score (nSPS) is 17.1. The van der Waals surface area contributed by atoms with E-state index in [-0.39, 0.29) is 11.9 Å². The van der Waals surface area contributed by atoms with Crippen LogP contribution in [0.5, 0.6) is 0 Å². The molecular weight excluding hydrogens is 228 g/mol. The molecule has 1 atom stereocenters. The minimum atomic E-state index is 0.00869. The van der Waals surface area contributed by atoms with Gasteiger partial charge >= 0.3 is 0 Å². The van der Waals surface area contributed by atoms with E-state index >= 15 is 0 Å². The molecule has 2 N–H and O–H groups in total. The molecule has 100 valence electrons. The summed E-state index contributed by atoms with van der Waals surface area (Å²) < 4.78 is 2.00. The van der Waals surface area contributed by atoms with Crippen LogP contribution in [0.25, 0.3) is 0 Å². The summed E-state index contributed by atoms with van der Waals surface area (Å²) in [6.45, 7) is 4.57. The van der Waals surface area contributed by atoms with Crippen LogP contribution in [-0.4, -0.2) is 33.4 Å². The molecule has 0 aliphatic carbocycles. The van der Waals surface area contributed by atoms with E-state index in [1.54, 1.807) is 12.5 Å². The van der Waals surface area contributed by atoms with E-state index in [9.17, 15) is 4.79 Å². The molecule has 0 aromatic carbocycles. The molecule has 1 saturated heterocycles. The summed E-state index contributed by atoms with van der Waals surface area (Å²) >= 11 is 0. The molecule has 2 rings (SSSR count). The molecule has 1 fully saturated rings. The average Bonchev–Trinajstić information content (AvgIpc) is 3.05. The number of nitrogens with two attached hydrogens (primary N) is 1. The maximum absolute atomic E-state index is 12.0. The average molecular weight is 250 g/mol. The molecule has 0 radical (unpaired) electrons. The van der Waals surface area contributed by atoms with Gasteiger partial charge in [0.25, 0.3) is 0 Å². The van der Waals surface area contributed by atoms with E-state index in [0.717, 1.165) is 38.0 Å². The fourth-order valence-electron chi connectivity index (χ4n) is 2.38. The number of carbonyl (C=O) groups is 1. The second-order valence-electron chi connectivity index (χ2n) is 4.86. The molecule has 0 saturated carbocycles. The zero-order valence-electron chi connectivity index (χ0n) is 11.0. The van der Waals surface area contributed by atoms with E-state index < -0.39 is 0 Å². The number of imidazole rings is 1. The summed E-state index contributed by atoms with van der Waals surface area (Å²) in [6.07, 6.45) is 7.27. The third-order valence-corrected chi connectivity index (χ3v) is 3.59. The fourth-order valence-corrected chi connectivity index (χ4v) is 2.38. The van der Waals surface area contributed by atoms with Crippen LogP contribution in [0, 0.1) is 0 Å². The number of rotatable bonds is 5.